The van der Waals surface area contributed by atoms with E-state index < -0.39 is 0 Å². The number of hydrogen-bond donors (Lipinski definition) is 3. The number of H-pyrrole nitrogens is 2. The zero-order valence-corrected chi connectivity index (χ0v) is 7.68. The highest BCUT2D eigenvalue weighted by atomic mass is 15.2. The molecule has 4 N–H and O–H groups in total. The number of rotatable bonds is 1. The molecule has 0 radical (unpaired) electrons. The summed E-state index contributed by atoms with van der Waals surface area (Å²) in [6.45, 7) is 4.08. The first-order chi connectivity index (χ1) is 6.18. The minimum Gasteiger partial charge on any atom is -0.382 e. The summed E-state index contributed by atoms with van der Waals surface area (Å²) in [5, 5.41) is 6.79. The first-order valence-corrected chi connectivity index (χ1v) is 4.14. The predicted molar refractivity (Wildman–Crippen MR) is 52.3 cm³/mol. The SMILES string of the molecule is Cc1c[nH]c(C)c1-c1cc(N)n[nH]1. The van der Waals surface area contributed by atoms with Crippen LogP contribution in [0.4, 0.5) is 5.82 Å². The molecule has 0 fully saturated rings. The van der Waals surface area contributed by atoms with Gasteiger partial charge in [0.2, 0.25) is 0 Å². The van der Waals surface area contributed by atoms with E-state index in [0.29, 0.717) is 5.82 Å². The van der Waals surface area contributed by atoms with Crippen molar-refractivity contribution in [1.82, 2.24) is 15.2 Å². The Balaban J connectivity index is 2.57. The molecule has 4 nitrogen and oxygen atoms in total. The summed E-state index contributed by atoms with van der Waals surface area (Å²) >= 11 is 0. The van der Waals surface area contributed by atoms with Gasteiger partial charge in [-0.2, -0.15) is 5.10 Å². The minimum absolute atomic E-state index is 0.523. The van der Waals surface area contributed by atoms with Crippen LogP contribution in [0.2, 0.25) is 0 Å². The van der Waals surface area contributed by atoms with Gasteiger partial charge in [0.25, 0.3) is 0 Å². The molecule has 0 amide bonds. The van der Waals surface area contributed by atoms with Crippen molar-refractivity contribution in [2.24, 2.45) is 0 Å². The van der Waals surface area contributed by atoms with Gasteiger partial charge in [0, 0.05) is 23.5 Å². The van der Waals surface area contributed by atoms with Crippen LogP contribution in [-0.4, -0.2) is 15.2 Å². The van der Waals surface area contributed by atoms with Crippen LogP contribution in [0.5, 0.6) is 0 Å². The first-order valence-electron chi connectivity index (χ1n) is 4.14. The fourth-order valence-corrected chi connectivity index (χ4v) is 1.54. The molecule has 2 aromatic rings. The van der Waals surface area contributed by atoms with Crippen LogP contribution in [0.15, 0.2) is 12.3 Å². The van der Waals surface area contributed by atoms with Gasteiger partial charge in [0.1, 0.15) is 5.82 Å². The van der Waals surface area contributed by atoms with E-state index in [1.165, 1.54) is 5.56 Å². The lowest BCUT2D eigenvalue weighted by Crippen LogP contribution is -1.81. The fraction of sp³-hybridized carbons (Fsp3) is 0.222. The number of nitrogens with zero attached hydrogens (tertiary/aromatic N) is 1. The topological polar surface area (TPSA) is 70.5 Å². The molecule has 0 bridgehead atoms. The number of aryl methyl sites for hydroxylation is 2. The van der Waals surface area contributed by atoms with E-state index in [1.54, 1.807) is 0 Å². The lowest BCUT2D eigenvalue weighted by molar-refractivity contribution is 1.10. The highest BCUT2D eigenvalue weighted by Crippen LogP contribution is 2.25. The Morgan fingerprint density at radius 1 is 1.38 bits per heavy atom. The Morgan fingerprint density at radius 3 is 2.62 bits per heavy atom. The second kappa shape index (κ2) is 2.65. The van der Waals surface area contributed by atoms with Crippen molar-refractivity contribution in [3.63, 3.8) is 0 Å². The number of nitrogens with one attached hydrogen (secondary N) is 2. The van der Waals surface area contributed by atoms with E-state index in [-0.39, 0.29) is 0 Å². The van der Waals surface area contributed by atoms with Crippen LogP contribution >= 0.6 is 0 Å². The normalized spacial score (nSPS) is 10.6. The van der Waals surface area contributed by atoms with E-state index in [4.69, 9.17) is 5.73 Å². The van der Waals surface area contributed by atoms with Gasteiger partial charge in [0.05, 0.1) is 5.69 Å². The predicted octanol–water partition coefficient (Wildman–Crippen LogP) is 1.60. The summed E-state index contributed by atoms with van der Waals surface area (Å²) in [7, 11) is 0. The summed E-state index contributed by atoms with van der Waals surface area (Å²) in [5.41, 5.74) is 9.98. The summed E-state index contributed by atoms with van der Waals surface area (Å²) in [6, 6.07) is 1.84. The molecule has 0 saturated heterocycles. The summed E-state index contributed by atoms with van der Waals surface area (Å²) < 4.78 is 0. The van der Waals surface area contributed by atoms with E-state index >= 15 is 0 Å². The molecule has 68 valence electrons. The summed E-state index contributed by atoms with van der Waals surface area (Å²) in [4.78, 5) is 3.16. The minimum atomic E-state index is 0.523. The van der Waals surface area contributed by atoms with Gasteiger partial charge < -0.3 is 10.7 Å². The van der Waals surface area contributed by atoms with Crippen LogP contribution in [0, 0.1) is 13.8 Å². The number of nitrogens with two attached hydrogens (primary N) is 1. The molecule has 0 aliphatic carbocycles. The van der Waals surface area contributed by atoms with Gasteiger partial charge in [-0.05, 0) is 19.4 Å². The molecular weight excluding hydrogens is 164 g/mol. The number of nitrogen functional groups attached to an aromatic ring is 1. The quantitative estimate of drug-likeness (QED) is 0.617. The lowest BCUT2D eigenvalue weighted by Gasteiger charge is -1.96. The maximum Gasteiger partial charge on any atom is 0.145 e. The molecule has 0 atom stereocenters. The average Bonchev–Trinajstić information content (AvgIpc) is 2.60. The smallest absolute Gasteiger partial charge is 0.145 e. The third-order valence-electron chi connectivity index (χ3n) is 2.14. The molecule has 2 heterocycles. The molecule has 2 aromatic heterocycles. The maximum atomic E-state index is 5.53. The molecule has 0 saturated carbocycles. The van der Waals surface area contributed by atoms with E-state index in [0.717, 1.165) is 17.0 Å². The summed E-state index contributed by atoms with van der Waals surface area (Å²) in [5.74, 6) is 0.523. The number of anilines is 1. The molecule has 2 rings (SSSR count). The Morgan fingerprint density at radius 2 is 2.15 bits per heavy atom. The van der Waals surface area contributed by atoms with Crippen molar-refractivity contribution in [3.05, 3.63) is 23.5 Å². The zero-order chi connectivity index (χ0) is 9.42. The van der Waals surface area contributed by atoms with Gasteiger partial charge in [-0.1, -0.05) is 0 Å². The van der Waals surface area contributed by atoms with Crippen LogP contribution in [0.25, 0.3) is 11.3 Å². The monoisotopic (exact) mass is 176 g/mol. The zero-order valence-electron chi connectivity index (χ0n) is 7.68. The molecular formula is C9H12N4. The molecule has 0 unspecified atom stereocenters. The van der Waals surface area contributed by atoms with Gasteiger partial charge in [-0.3, -0.25) is 5.10 Å². The van der Waals surface area contributed by atoms with E-state index in [9.17, 15) is 0 Å². The van der Waals surface area contributed by atoms with E-state index in [1.807, 2.05) is 19.2 Å². The van der Waals surface area contributed by atoms with Crippen molar-refractivity contribution < 1.29 is 0 Å². The third kappa shape index (κ3) is 1.20. The molecule has 0 aromatic carbocycles. The Bertz CT molecular complexity index is 405. The van der Waals surface area contributed by atoms with Crippen LogP contribution in [0.3, 0.4) is 0 Å². The van der Waals surface area contributed by atoms with Crippen LogP contribution < -0.4 is 5.73 Å². The molecule has 13 heavy (non-hydrogen) atoms. The number of aromatic amines is 2. The van der Waals surface area contributed by atoms with Crippen molar-refractivity contribution in [2.45, 2.75) is 13.8 Å². The molecule has 0 aliphatic heterocycles. The van der Waals surface area contributed by atoms with Crippen molar-refractivity contribution in [3.8, 4) is 11.3 Å². The highest BCUT2D eigenvalue weighted by molar-refractivity contribution is 5.68. The Hall–Kier alpha value is -1.71. The van der Waals surface area contributed by atoms with Crippen LogP contribution in [-0.2, 0) is 0 Å². The maximum absolute atomic E-state index is 5.53. The average molecular weight is 176 g/mol. The van der Waals surface area contributed by atoms with Gasteiger partial charge in [-0.15, -0.1) is 0 Å². The van der Waals surface area contributed by atoms with Crippen LogP contribution in [0.1, 0.15) is 11.3 Å². The molecule has 4 heteroatoms. The lowest BCUT2D eigenvalue weighted by atomic mass is 10.1. The molecule has 0 spiro atoms. The number of hydrogen-bond acceptors (Lipinski definition) is 2. The Labute approximate surface area is 76.2 Å². The van der Waals surface area contributed by atoms with E-state index in [2.05, 4.69) is 22.1 Å². The second-order valence-electron chi connectivity index (χ2n) is 3.18. The highest BCUT2D eigenvalue weighted by Gasteiger charge is 2.08. The number of aromatic nitrogens is 3. The van der Waals surface area contributed by atoms with Gasteiger partial charge in [-0.25, -0.2) is 0 Å². The molecule has 0 aliphatic rings. The van der Waals surface area contributed by atoms with Gasteiger partial charge in [0.15, 0.2) is 0 Å². The largest absolute Gasteiger partial charge is 0.382 e. The van der Waals surface area contributed by atoms with Gasteiger partial charge >= 0.3 is 0 Å². The fourth-order valence-electron chi connectivity index (χ4n) is 1.54. The Kier molecular flexibility index (Phi) is 1.62. The second-order valence-corrected chi connectivity index (χ2v) is 3.18. The standard InChI is InChI=1S/C9H12N4/c1-5-4-11-6(2)9(5)7-3-8(10)13-12-7/h3-4,11H,1-2H3,(H3,10,12,13). The van der Waals surface area contributed by atoms with Crippen molar-refractivity contribution >= 4 is 5.82 Å². The first kappa shape index (κ1) is 7.91. The van der Waals surface area contributed by atoms with Crippen molar-refractivity contribution in [1.29, 1.82) is 0 Å². The third-order valence-corrected chi connectivity index (χ3v) is 2.14. The van der Waals surface area contributed by atoms with Crippen molar-refractivity contribution in [2.75, 3.05) is 5.73 Å². The summed E-state index contributed by atoms with van der Waals surface area (Å²) in [6.07, 6.45) is 1.97.